The van der Waals surface area contributed by atoms with Crippen molar-refractivity contribution in [3.05, 3.63) is 36.0 Å². The molecule has 5 nitrogen and oxygen atoms in total. The summed E-state index contributed by atoms with van der Waals surface area (Å²) < 4.78 is 24.2. The Morgan fingerprint density at radius 3 is 2.75 bits per heavy atom. The minimum Gasteiger partial charge on any atom is -0.361 e. The molecule has 6 heteroatoms. The minimum absolute atomic E-state index is 0.355. The predicted molar refractivity (Wildman–Crippen MR) is 63.0 cm³/mol. The molecule has 2 aromatic rings. The second-order valence-electron chi connectivity index (χ2n) is 3.67. The third-order valence-corrected chi connectivity index (χ3v) is 3.11. The second-order valence-corrected chi connectivity index (χ2v) is 5.00. The quantitative estimate of drug-likeness (QED) is 0.746. The molecule has 0 spiro atoms. The molecule has 1 aromatic carbocycles. The van der Waals surface area contributed by atoms with Gasteiger partial charge in [0.1, 0.15) is 0 Å². The summed E-state index contributed by atoms with van der Waals surface area (Å²) >= 11 is 0. The molecule has 1 atom stereocenters. The Balaban J connectivity index is 2.40. The highest BCUT2D eigenvalue weighted by Gasteiger charge is 2.14. The molecule has 16 heavy (non-hydrogen) atoms. The zero-order valence-electron chi connectivity index (χ0n) is 8.77. The van der Waals surface area contributed by atoms with E-state index < -0.39 is 10.2 Å². The first kappa shape index (κ1) is 11.1. The van der Waals surface area contributed by atoms with Crippen LogP contribution in [-0.2, 0) is 10.2 Å². The van der Waals surface area contributed by atoms with Crippen LogP contribution in [0.1, 0.15) is 18.5 Å². The van der Waals surface area contributed by atoms with Gasteiger partial charge in [-0.05, 0) is 18.6 Å². The Labute approximate surface area is 93.8 Å². The van der Waals surface area contributed by atoms with Crippen LogP contribution in [0.3, 0.4) is 0 Å². The maximum atomic E-state index is 10.9. The van der Waals surface area contributed by atoms with Gasteiger partial charge in [0.2, 0.25) is 0 Å². The van der Waals surface area contributed by atoms with E-state index in [1.807, 2.05) is 24.3 Å². The van der Waals surface area contributed by atoms with Crippen LogP contribution in [0.2, 0.25) is 0 Å². The predicted octanol–water partition coefficient (Wildman–Crippen LogP) is 1.02. The van der Waals surface area contributed by atoms with Crippen molar-refractivity contribution in [2.45, 2.75) is 13.0 Å². The number of H-pyrrole nitrogens is 1. The molecule has 0 fully saturated rings. The van der Waals surface area contributed by atoms with Gasteiger partial charge >= 0.3 is 0 Å². The molecule has 0 bridgehead atoms. The molecule has 0 aliphatic carbocycles. The van der Waals surface area contributed by atoms with E-state index in [2.05, 4.69) is 9.71 Å². The molecular weight excluding hydrogens is 226 g/mol. The first-order valence-corrected chi connectivity index (χ1v) is 6.38. The van der Waals surface area contributed by atoms with E-state index in [0.29, 0.717) is 0 Å². The molecule has 86 valence electrons. The minimum atomic E-state index is -3.68. The van der Waals surface area contributed by atoms with Gasteiger partial charge in [-0.2, -0.15) is 13.1 Å². The summed E-state index contributed by atoms with van der Waals surface area (Å²) in [6.07, 6.45) is 1.79. The van der Waals surface area contributed by atoms with Crippen molar-refractivity contribution in [2.75, 3.05) is 0 Å². The molecule has 0 aliphatic heterocycles. The van der Waals surface area contributed by atoms with Gasteiger partial charge in [0.25, 0.3) is 10.2 Å². The highest BCUT2D eigenvalue weighted by Crippen LogP contribution is 2.23. The smallest absolute Gasteiger partial charge is 0.274 e. The topological polar surface area (TPSA) is 88.0 Å². The number of para-hydroxylation sites is 1. The lowest BCUT2D eigenvalue weighted by atomic mass is 10.1. The van der Waals surface area contributed by atoms with E-state index in [0.717, 1.165) is 16.5 Å². The molecule has 0 radical (unpaired) electrons. The average molecular weight is 239 g/mol. The SMILES string of the molecule is CC(NS(N)(=O)=O)c1c[nH]c2ccccc12. The summed E-state index contributed by atoms with van der Waals surface area (Å²) in [5.41, 5.74) is 1.85. The van der Waals surface area contributed by atoms with Gasteiger partial charge in [0.15, 0.2) is 0 Å². The molecule has 0 aliphatic rings. The van der Waals surface area contributed by atoms with E-state index in [1.54, 1.807) is 13.1 Å². The van der Waals surface area contributed by atoms with Crippen LogP contribution in [-0.4, -0.2) is 13.4 Å². The Bertz CT molecular complexity index is 603. The van der Waals surface area contributed by atoms with Crippen LogP contribution >= 0.6 is 0 Å². The number of hydrogen-bond acceptors (Lipinski definition) is 2. The number of aromatic amines is 1. The van der Waals surface area contributed by atoms with Crippen molar-refractivity contribution in [1.82, 2.24) is 9.71 Å². The number of rotatable bonds is 3. The van der Waals surface area contributed by atoms with E-state index in [-0.39, 0.29) is 6.04 Å². The summed E-state index contributed by atoms with van der Waals surface area (Å²) in [6, 6.07) is 7.33. The lowest BCUT2D eigenvalue weighted by molar-refractivity contribution is 0.569. The van der Waals surface area contributed by atoms with Gasteiger partial charge in [-0.3, -0.25) is 0 Å². The molecule has 1 aromatic heterocycles. The fourth-order valence-corrected chi connectivity index (χ4v) is 2.38. The standard InChI is InChI=1S/C10H13N3O2S/c1-7(13-16(11,14)15)9-6-12-10-5-3-2-4-8(9)10/h2-7,12-13H,1H3,(H2,11,14,15). The maximum absolute atomic E-state index is 10.9. The van der Waals surface area contributed by atoms with Crippen LogP contribution in [0.5, 0.6) is 0 Å². The summed E-state index contributed by atoms with van der Waals surface area (Å²) in [5, 5.41) is 5.93. The van der Waals surface area contributed by atoms with Gasteiger partial charge in [0.05, 0.1) is 0 Å². The van der Waals surface area contributed by atoms with E-state index in [4.69, 9.17) is 5.14 Å². The summed E-state index contributed by atoms with van der Waals surface area (Å²) in [4.78, 5) is 3.08. The highest BCUT2D eigenvalue weighted by molar-refractivity contribution is 7.87. The lowest BCUT2D eigenvalue weighted by Crippen LogP contribution is -2.32. The van der Waals surface area contributed by atoms with Gasteiger partial charge in [-0.1, -0.05) is 18.2 Å². The third kappa shape index (κ3) is 2.24. The first-order chi connectivity index (χ1) is 7.47. The van der Waals surface area contributed by atoms with Crippen molar-refractivity contribution in [3.63, 3.8) is 0 Å². The Morgan fingerprint density at radius 1 is 1.38 bits per heavy atom. The molecular formula is C10H13N3O2S. The summed E-state index contributed by atoms with van der Waals surface area (Å²) in [7, 11) is -3.68. The number of hydrogen-bond donors (Lipinski definition) is 3. The lowest BCUT2D eigenvalue weighted by Gasteiger charge is -2.10. The number of aromatic nitrogens is 1. The van der Waals surface area contributed by atoms with Gasteiger partial charge < -0.3 is 4.98 Å². The fourth-order valence-electron chi connectivity index (χ4n) is 1.76. The zero-order chi connectivity index (χ0) is 11.8. The van der Waals surface area contributed by atoms with Gasteiger partial charge in [0, 0.05) is 23.1 Å². The average Bonchev–Trinajstić information content (AvgIpc) is 2.58. The van der Waals surface area contributed by atoms with Crippen LogP contribution in [0.25, 0.3) is 10.9 Å². The van der Waals surface area contributed by atoms with Gasteiger partial charge in [-0.25, -0.2) is 5.14 Å². The second kappa shape index (κ2) is 3.89. The van der Waals surface area contributed by atoms with Crippen molar-refractivity contribution in [1.29, 1.82) is 0 Å². The zero-order valence-corrected chi connectivity index (χ0v) is 9.58. The number of fused-ring (bicyclic) bond motifs is 1. The fraction of sp³-hybridized carbons (Fsp3) is 0.200. The molecule has 1 heterocycles. The Morgan fingerprint density at radius 2 is 2.06 bits per heavy atom. The largest absolute Gasteiger partial charge is 0.361 e. The van der Waals surface area contributed by atoms with E-state index >= 15 is 0 Å². The molecule has 2 rings (SSSR count). The summed E-state index contributed by atoms with van der Waals surface area (Å²) in [5.74, 6) is 0. The summed E-state index contributed by atoms with van der Waals surface area (Å²) in [6.45, 7) is 1.75. The number of nitrogens with two attached hydrogens (primary N) is 1. The van der Waals surface area contributed by atoms with E-state index in [1.165, 1.54) is 0 Å². The normalized spacial score (nSPS) is 14.1. The van der Waals surface area contributed by atoms with Gasteiger partial charge in [-0.15, -0.1) is 0 Å². The molecule has 0 amide bonds. The molecule has 1 unspecified atom stereocenters. The van der Waals surface area contributed by atoms with Crippen molar-refractivity contribution in [3.8, 4) is 0 Å². The van der Waals surface area contributed by atoms with Crippen LogP contribution < -0.4 is 9.86 Å². The molecule has 0 saturated carbocycles. The van der Waals surface area contributed by atoms with Crippen molar-refractivity contribution >= 4 is 21.1 Å². The number of benzene rings is 1. The van der Waals surface area contributed by atoms with E-state index in [9.17, 15) is 8.42 Å². The van der Waals surface area contributed by atoms with Crippen LogP contribution in [0.4, 0.5) is 0 Å². The van der Waals surface area contributed by atoms with Crippen LogP contribution in [0, 0.1) is 0 Å². The van der Waals surface area contributed by atoms with Crippen molar-refractivity contribution < 1.29 is 8.42 Å². The highest BCUT2D eigenvalue weighted by atomic mass is 32.2. The number of nitrogens with one attached hydrogen (secondary N) is 2. The molecule has 4 N–H and O–H groups in total. The Kier molecular flexibility index (Phi) is 2.71. The van der Waals surface area contributed by atoms with Crippen LogP contribution in [0.15, 0.2) is 30.5 Å². The Hall–Kier alpha value is -1.37. The molecule has 0 saturated heterocycles. The van der Waals surface area contributed by atoms with Crippen molar-refractivity contribution in [2.24, 2.45) is 5.14 Å². The first-order valence-electron chi connectivity index (χ1n) is 4.83. The maximum Gasteiger partial charge on any atom is 0.274 e. The third-order valence-electron chi connectivity index (χ3n) is 2.43. The monoisotopic (exact) mass is 239 g/mol.